The number of anilines is 1. The van der Waals surface area contributed by atoms with Gasteiger partial charge in [0.05, 0.1) is 11.3 Å². The van der Waals surface area contributed by atoms with Crippen LogP contribution >= 0.6 is 0 Å². The molecule has 29 heavy (non-hydrogen) atoms. The van der Waals surface area contributed by atoms with Gasteiger partial charge in [-0.15, -0.1) is 0 Å². The average molecular weight is 402 g/mol. The molecule has 0 saturated heterocycles. The first-order valence-electron chi connectivity index (χ1n) is 8.68. The van der Waals surface area contributed by atoms with Crippen molar-refractivity contribution < 1.29 is 27.3 Å². The summed E-state index contributed by atoms with van der Waals surface area (Å²) in [5, 5.41) is 6.25. The lowest BCUT2D eigenvalue weighted by atomic mass is 9.97. The molecule has 0 atom stereocenters. The number of Topliss-reactive ketones (excluding diaryl/α,β-unsaturated/α-hetero) is 1. The maximum Gasteiger partial charge on any atom is 0.416 e. The highest BCUT2D eigenvalue weighted by atomic mass is 19.4. The number of ketones is 1. The fourth-order valence-electron chi connectivity index (χ4n) is 2.80. The summed E-state index contributed by atoms with van der Waals surface area (Å²) in [6, 6.07) is 10.9. The summed E-state index contributed by atoms with van der Waals surface area (Å²) in [5.74, 6) is -0.848. The minimum atomic E-state index is -4.47. The normalized spacial score (nSPS) is 11.3. The fraction of sp³-hybridized carbons (Fsp3) is 0.190. The number of benzene rings is 2. The van der Waals surface area contributed by atoms with Crippen LogP contribution in [0.2, 0.25) is 0 Å². The van der Waals surface area contributed by atoms with Crippen LogP contribution in [0, 0.1) is 13.8 Å². The van der Waals surface area contributed by atoms with E-state index in [1.54, 1.807) is 26.0 Å². The van der Waals surface area contributed by atoms with E-state index in [1.807, 2.05) is 0 Å². The number of aryl methyl sites for hydroxylation is 2. The van der Waals surface area contributed by atoms with Crippen molar-refractivity contribution in [2.24, 2.45) is 0 Å². The lowest BCUT2D eigenvalue weighted by molar-refractivity contribution is -0.137. The van der Waals surface area contributed by atoms with Crippen molar-refractivity contribution in [3.05, 3.63) is 82.2 Å². The van der Waals surface area contributed by atoms with Gasteiger partial charge >= 0.3 is 6.18 Å². The number of hydrogen-bond donors (Lipinski definition) is 1. The summed E-state index contributed by atoms with van der Waals surface area (Å²) in [5.41, 5.74) is 1.33. The molecule has 2 aromatic carbocycles. The van der Waals surface area contributed by atoms with E-state index in [0.717, 1.165) is 12.1 Å². The van der Waals surface area contributed by atoms with E-state index >= 15 is 0 Å². The maximum atomic E-state index is 12.9. The second-order valence-electron chi connectivity index (χ2n) is 6.61. The summed E-state index contributed by atoms with van der Waals surface area (Å²) in [6.07, 6.45) is -4.66. The lowest BCUT2D eigenvalue weighted by Gasteiger charge is -2.11. The van der Waals surface area contributed by atoms with E-state index in [4.69, 9.17) is 4.52 Å². The van der Waals surface area contributed by atoms with Gasteiger partial charge in [-0.2, -0.15) is 13.2 Å². The Balaban J connectivity index is 1.79. The Morgan fingerprint density at radius 2 is 1.83 bits per heavy atom. The third-order valence-electron chi connectivity index (χ3n) is 4.27. The van der Waals surface area contributed by atoms with Crippen LogP contribution in [0.4, 0.5) is 18.9 Å². The van der Waals surface area contributed by atoms with Crippen molar-refractivity contribution in [2.75, 3.05) is 5.32 Å². The number of aromatic nitrogens is 1. The quantitative estimate of drug-likeness (QED) is 0.611. The number of alkyl halides is 3. The summed E-state index contributed by atoms with van der Waals surface area (Å²) in [4.78, 5) is 24.9. The molecule has 0 spiro atoms. The smallest absolute Gasteiger partial charge is 0.351 e. The molecule has 1 aromatic heterocycles. The number of carbonyl (C=O) groups excluding carboxylic acids is 2. The molecule has 0 aliphatic carbocycles. The van der Waals surface area contributed by atoms with Crippen LogP contribution in [0.15, 0.2) is 53.1 Å². The van der Waals surface area contributed by atoms with Crippen molar-refractivity contribution in [2.45, 2.75) is 26.4 Å². The van der Waals surface area contributed by atoms with Gasteiger partial charge in [0.25, 0.3) is 5.91 Å². The van der Waals surface area contributed by atoms with Crippen LogP contribution in [0.5, 0.6) is 0 Å². The summed E-state index contributed by atoms with van der Waals surface area (Å²) in [7, 11) is 0. The van der Waals surface area contributed by atoms with Gasteiger partial charge in [-0.25, -0.2) is 0 Å². The van der Waals surface area contributed by atoms with E-state index in [0.29, 0.717) is 22.5 Å². The molecule has 1 N–H and O–H groups in total. The first kappa shape index (κ1) is 20.3. The number of amides is 1. The molecule has 8 heteroatoms. The zero-order chi connectivity index (χ0) is 21.2. The first-order valence-corrected chi connectivity index (χ1v) is 8.68. The second-order valence-corrected chi connectivity index (χ2v) is 6.61. The van der Waals surface area contributed by atoms with Gasteiger partial charge in [0.2, 0.25) is 5.76 Å². The standard InChI is InChI=1S/C21H17F3N2O3/c1-12-6-7-16(25-20(28)19-8-13(2)26-29-19)11-17(12)18(27)10-14-4-3-5-15(9-14)21(22,23)24/h3-9,11H,10H2,1-2H3,(H,25,28). The Hall–Kier alpha value is -3.42. The van der Waals surface area contributed by atoms with E-state index < -0.39 is 17.6 Å². The molecule has 0 fully saturated rings. The molecule has 3 aromatic rings. The number of rotatable bonds is 5. The maximum absolute atomic E-state index is 12.9. The first-order chi connectivity index (χ1) is 13.6. The lowest BCUT2D eigenvalue weighted by Crippen LogP contribution is -2.13. The number of halogens is 3. The van der Waals surface area contributed by atoms with E-state index in [1.165, 1.54) is 24.3 Å². The van der Waals surface area contributed by atoms with Crippen LogP contribution in [-0.4, -0.2) is 16.8 Å². The monoisotopic (exact) mass is 402 g/mol. The second kappa shape index (κ2) is 7.90. The van der Waals surface area contributed by atoms with Crippen LogP contribution < -0.4 is 5.32 Å². The Labute approximate surface area is 164 Å². The Morgan fingerprint density at radius 1 is 1.07 bits per heavy atom. The van der Waals surface area contributed by atoms with Gasteiger partial charge in [-0.05, 0) is 43.2 Å². The van der Waals surface area contributed by atoms with Crippen LogP contribution in [0.3, 0.4) is 0 Å². The fourth-order valence-corrected chi connectivity index (χ4v) is 2.80. The molecule has 0 radical (unpaired) electrons. The molecule has 1 heterocycles. The molecule has 0 saturated carbocycles. The van der Waals surface area contributed by atoms with Gasteiger partial charge in [-0.3, -0.25) is 9.59 Å². The molecule has 150 valence electrons. The highest BCUT2D eigenvalue weighted by molar-refractivity contribution is 6.04. The topological polar surface area (TPSA) is 72.2 Å². The van der Waals surface area contributed by atoms with Gasteiger partial charge in [0.15, 0.2) is 5.78 Å². The Morgan fingerprint density at radius 3 is 2.48 bits per heavy atom. The third-order valence-corrected chi connectivity index (χ3v) is 4.27. The molecule has 0 aliphatic rings. The van der Waals surface area contributed by atoms with E-state index in [2.05, 4.69) is 10.5 Å². The number of hydrogen-bond acceptors (Lipinski definition) is 4. The molecular weight excluding hydrogens is 385 g/mol. The van der Waals surface area contributed by atoms with Crippen LogP contribution in [0.25, 0.3) is 0 Å². The SMILES string of the molecule is Cc1cc(C(=O)Nc2ccc(C)c(C(=O)Cc3cccc(C(F)(F)F)c3)c2)on1. The predicted octanol–water partition coefficient (Wildman–Crippen LogP) is 4.99. The minimum absolute atomic E-state index is 0.0277. The largest absolute Gasteiger partial charge is 0.416 e. The number of nitrogens with zero attached hydrogens (tertiary/aromatic N) is 1. The zero-order valence-corrected chi connectivity index (χ0v) is 15.6. The summed E-state index contributed by atoms with van der Waals surface area (Å²) >= 11 is 0. The average Bonchev–Trinajstić information content (AvgIpc) is 3.09. The minimum Gasteiger partial charge on any atom is -0.351 e. The molecule has 1 amide bonds. The highest BCUT2D eigenvalue weighted by Crippen LogP contribution is 2.30. The molecular formula is C21H17F3N2O3. The Bertz CT molecular complexity index is 1070. The molecule has 0 aliphatic heterocycles. The molecule has 0 unspecified atom stereocenters. The van der Waals surface area contributed by atoms with Gasteiger partial charge in [0, 0.05) is 23.7 Å². The Kier molecular flexibility index (Phi) is 5.54. The van der Waals surface area contributed by atoms with Gasteiger partial charge < -0.3 is 9.84 Å². The van der Waals surface area contributed by atoms with Crippen molar-refractivity contribution in [1.29, 1.82) is 0 Å². The highest BCUT2D eigenvalue weighted by Gasteiger charge is 2.30. The summed E-state index contributed by atoms with van der Waals surface area (Å²) in [6.45, 7) is 3.39. The van der Waals surface area contributed by atoms with Crippen LogP contribution in [0.1, 0.15) is 43.3 Å². The van der Waals surface area contributed by atoms with Crippen LogP contribution in [-0.2, 0) is 12.6 Å². The van der Waals surface area contributed by atoms with E-state index in [-0.39, 0.29) is 23.5 Å². The summed E-state index contributed by atoms with van der Waals surface area (Å²) < 4.78 is 43.5. The molecule has 0 bridgehead atoms. The van der Waals surface area contributed by atoms with Gasteiger partial charge in [0.1, 0.15) is 0 Å². The van der Waals surface area contributed by atoms with Crippen molar-refractivity contribution in [3.63, 3.8) is 0 Å². The molecule has 3 rings (SSSR count). The zero-order valence-electron chi connectivity index (χ0n) is 15.6. The van der Waals surface area contributed by atoms with E-state index in [9.17, 15) is 22.8 Å². The van der Waals surface area contributed by atoms with Crippen molar-refractivity contribution in [1.82, 2.24) is 5.16 Å². The number of nitrogens with one attached hydrogen (secondary N) is 1. The van der Waals surface area contributed by atoms with Gasteiger partial charge in [-0.1, -0.05) is 29.4 Å². The van der Waals surface area contributed by atoms with Crippen molar-refractivity contribution in [3.8, 4) is 0 Å². The molecule has 5 nitrogen and oxygen atoms in total. The predicted molar refractivity (Wildman–Crippen MR) is 99.9 cm³/mol. The number of carbonyl (C=O) groups is 2. The van der Waals surface area contributed by atoms with Crippen molar-refractivity contribution >= 4 is 17.4 Å². The third kappa shape index (κ3) is 4.90.